The van der Waals surface area contributed by atoms with Crippen molar-refractivity contribution < 1.29 is 13.9 Å². The van der Waals surface area contributed by atoms with Crippen LogP contribution in [0.2, 0.25) is 0 Å². The topological polar surface area (TPSA) is 50.1 Å². The molecule has 0 unspecified atom stereocenters. The van der Waals surface area contributed by atoms with E-state index < -0.39 is 5.82 Å². The van der Waals surface area contributed by atoms with E-state index in [9.17, 15) is 9.18 Å². The fourth-order valence-electron chi connectivity index (χ4n) is 1.84. The van der Waals surface area contributed by atoms with E-state index in [0.29, 0.717) is 23.3 Å². The number of hydrogen-bond donors (Lipinski definition) is 0. The summed E-state index contributed by atoms with van der Waals surface area (Å²) in [4.78, 5) is 11.5. The van der Waals surface area contributed by atoms with Crippen LogP contribution in [0.15, 0.2) is 42.5 Å². The molecule has 0 N–H and O–H groups in total. The van der Waals surface area contributed by atoms with Gasteiger partial charge in [0.05, 0.1) is 11.6 Å². The van der Waals surface area contributed by atoms with Gasteiger partial charge in [0.2, 0.25) is 0 Å². The molecule has 2 aromatic carbocycles. The van der Waals surface area contributed by atoms with Gasteiger partial charge in [-0.1, -0.05) is 13.0 Å². The van der Waals surface area contributed by atoms with Crippen LogP contribution in [-0.4, -0.2) is 5.78 Å². The Balaban J connectivity index is 2.03. The van der Waals surface area contributed by atoms with Crippen molar-refractivity contribution >= 4 is 5.78 Å². The van der Waals surface area contributed by atoms with Gasteiger partial charge in [-0.3, -0.25) is 4.79 Å². The zero-order chi connectivity index (χ0) is 15.2. The van der Waals surface area contributed by atoms with Crippen LogP contribution in [0.3, 0.4) is 0 Å². The Kier molecular flexibility index (Phi) is 4.68. The predicted molar refractivity (Wildman–Crippen MR) is 76.5 cm³/mol. The normalized spacial score (nSPS) is 9.95. The lowest BCUT2D eigenvalue weighted by Gasteiger charge is -2.08. The van der Waals surface area contributed by atoms with E-state index in [0.717, 1.165) is 0 Å². The number of ether oxygens (including phenoxy) is 1. The number of halogens is 1. The van der Waals surface area contributed by atoms with Gasteiger partial charge in [-0.05, 0) is 36.4 Å². The van der Waals surface area contributed by atoms with Gasteiger partial charge in [-0.2, -0.15) is 5.26 Å². The molecule has 4 heteroatoms. The van der Waals surface area contributed by atoms with Crippen molar-refractivity contribution in [2.24, 2.45) is 0 Å². The molecule has 0 aliphatic heterocycles. The molecule has 0 bridgehead atoms. The maximum absolute atomic E-state index is 13.7. The van der Waals surface area contributed by atoms with Crippen LogP contribution in [0.1, 0.15) is 34.8 Å². The SMILES string of the molecule is CCC(=O)c1ccc(OCc2ccc(C#N)cc2F)cc1. The predicted octanol–water partition coefficient (Wildman–Crippen LogP) is 3.87. The van der Waals surface area contributed by atoms with E-state index in [1.54, 1.807) is 37.3 Å². The van der Waals surface area contributed by atoms with Gasteiger partial charge in [0.1, 0.15) is 18.2 Å². The first-order chi connectivity index (χ1) is 10.1. The highest BCUT2D eigenvalue weighted by Gasteiger charge is 2.06. The monoisotopic (exact) mass is 283 g/mol. The van der Waals surface area contributed by atoms with Gasteiger partial charge in [0.15, 0.2) is 5.78 Å². The maximum atomic E-state index is 13.7. The van der Waals surface area contributed by atoms with E-state index in [2.05, 4.69) is 0 Å². The average Bonchev–Trinajstić information content (AvgIpc) is 2.53. The summed E-state index contributed by atoms with van der Waals surface area (Å²) in [6.45, 7) is 1.87. The van der Waals surface area contributed by atoms with Crippen LogP contribution in [0.25, 0.3) is 0 Å². The first-order valence-electron chi connectivity index (χ1n) is 6.58. The summed E-state index contributed by atoms with van der Waals surface area (Å²) in [6.07, 6.45) is 0.455. The molecule has 0 aliphatic rings. The molecule has 0 saturated carbocycles. The highest BCUT2D eigenvalue weighted by Crippen LogP contribution is 2.17. The molecule has 106 valence electrons. The number of Topliss-reactive ketones (excluding diaryl/α,β-unsaturated/α-hetero) is 1. The molecular formula is C17H14FNO2. The standard InChI is InChI=1S/C17H14FNO2/c1-2-17(20)13-5-7-15(8-6-13)21-11-14-4-3-12(10-19)9-16(14)18/h3-9H,2,11H2,1H3. The highest BCUT2D eigenvalue weighted by molar-refractivity contribution is 5.95. The van der Waals surface area contributed by atoms with E-state index in [1.165, 1.54) is 12.1 Å². The first-order valence-corrected chi connectivity index (χ1v) is 6.58. The summed E-state index contributed by atoms with van der Waals surface area (Å²) >= 11 is 0. The van der Waals surface area contributed by atoms with Crippen LogP contribution >= 0.6 is 0 Å². The zero-order valence-electron chi connectivity index (χ0n) is 11.6. The number of carbonyl (C=O) groups is 1. The Labute approximate surface area is 122 Å². The lowest BCUT2D eigenvalue weighted by Crippen LogP contribution is -2.00. The Morgan fingerprint density at radius 1 is 1.24 bits per heavy atom. The summed E-state index contributed by atoms with van der Waals surface area (Å²) in [7, 11) is 0. The van der Waals surface area contributed by atoms with E-state index >= 15 is 0 Å². The Morgan fingerprint density at radius 2 is 1.95 bits per heavy atom. The lowest BCUT2D eigenvalue weighted by atomic mass is 10.1. The third kappa shape index (κ3) is 3.67. The van der Waals surface area contributed by atoms with Crippen LogP contribution in [0, 0.1) is 17.1 Å². The molecule has 2 rings (SSSR count). The Hall–Kier alpha value is -2.67. The van der Waals surface area contributed by atoms with Gasteiger partial charge in [-0.25, -0.2) is 4.39 Å². The maximum Gasteiger partial charge on any atom is 0.162 e. The summed E-state index contributed by atoms with van der Waals surface area (Å²) in [6, 6.07) is 12.9. The van der Waals surface area contributed by atoms with E-state index in [-0.39, 0.29) is 18.0 Å². The second-order valence-corrected chi connectivity index (χ2v) is 4.51. The highest BCUT2D eigenvalue weighted by atomic mass is 19.1. The number of hydrogen-bond acceptors (Lipinski definition) is 3. The number of rotatable bonds is 5. The Morgan fingerprint density at radius 3 is 2.52 bits per heavy atom. The summed E-state index contributed by atoms with van der Waals surface area (Å²) < 4.78 is 19.2. The molecule has 0 aliphatic carbocycles. The minimum absolute atomic E-state index is 0.0681. The third-order valence-corrected chi connectivity index (χ3v) is 3.07. The lowest BCUT2D eigenvalue weighted by molar-refractivity contribution is 0.0988. The minimum Gasteiger partial charge on any atom is -0.489 e. The third-order valence-electron chi connectivity index (χ3n) is 3.07. The zero-order valence-corrected chi connectivity index (χ0v) is 11.6. The van der Waals surface area contributed by atoms with Crippen LogP contribution in [-0.2, 0) is 6.61 Å². The van der Waals surface area contributed by atoms with Crippen molar-refractivity contribution in [1.82, 2.24) is 0 Å². The fourth-order valence-corrected chi connectivity index (χ4v) is 1.84. The second-order valence-electron chi connectivity index (χ2n) is 4.51. The summed E-state index contributed by atoms with van der Waals surface area (Å²) in [5, 5.41) is 8.68. The molecular weight excluding hydrogens is 269 g/mol. The molecule has 21 heavy (non-hydrogen) atoms. The molecule has 2 aromatic rings. The molecule has 0 aromatic heterocycles. The second kappa shape index (κ2) is 6.67. The molecule has 3 nitrogen and oxygen atoms in total. The van der Waals surface area contributed by atoms with Crippen molar-refractivity contribution in [1.29, 1.82) is 5.26 Å². The van der Waals surface area contributed by atoms with Crippen molar-refractivity contribution in [3.63, 3.8) is 0 Å². The number of ketones is 1. The van der Waals surface area contributed by atoms with Crippen molar-refractivity contribution in [2.45, 2.75) is 20.0 Å². The minimum atomic E-state index is -0.466. The van der Waals surface area contributed by atoms with Gasteiger partial charge < -0.3 is 4.74 Å². The number of carbonyl (C=O) groups excluding carboxylic acids is 1. The van der Waals surface area contributed by atoms with Crippen LogP contribution < -0.4 is 4.74 Å². The van der Waals surface area contributed by atoms with E-state index in [1.807, 2.05) is 6.07 Å². The molecule has 0 saturated heterocycles. The quantitative estimate of drug-likeness (QED) is 0.783. The van der Waals surface area contributed by atoms with Gasteiger partial charge in [0.25, 0.3) is 0 Å². The van der Waals surface area contributed by atoms with Gasteiger partial charge >= 0.3 is 0 Å². The smallest absolute Gasteiger partial charge is 0.162 e. The van der Waals surface area contributed by atoms with Crippen molar-refractivity contribution in [3.05, 3.63) is 65.0 Å². The largest absolute Gasteiger partial charge is 0.489 e. The molecule has 0 spiro atoms. The van der Waals surface area contributed by atoms with Crippen molar-refractivity contribution in [3.8, 4) is 11.8 Å². The first kappa shape index (κ1) is 14.7. The van der Waals surface area contributed by atoms with Crippen LogP contribution in [0.4, 0.5) is 4.39 Å². The molecule has 0 atom stereocenters. The molecule has 0 heterocycles. The molecule has 0 fully saturated rings. The number of nitriles is 1. The van der Waals surface area contributed by atoms with E-state index in [4.69, 9.17) is 10.00 Å². The number of nitrogens with zero attached hydrogens (tertiary/aromatic N) is 1. The molecule has 0 amide bonds. The van der Waals surface area contributed by atoms with Gasteiger partial charge in [-0.15, -0.1) is 0 Å². The average molecular weight is 283 g/mol. The Bertz CT molecular complexity index is 687. The van der Waals surface area contributed by atoms with Crippen molar-refractivity contribution in [2.75, 3.05) is 0 Å². The fraction of sp³-hybridized carbons (Fsp3) is 0.176. The molecule has 0 radical (unpaired) electrons. The number of benzene rings is 2. The summed E-state index contributed by atoms with van der Waals surface area (Å²) in [5.74, 6) is 0.165. The summed E-state index contributed by atoms with van der Waals surface area (Å²) in [5.41, 5.74) is 1.29. The van der Waals surface area contributed by atoms with Crippen LogP contribution in [0.5, 0.6) is 5.75 Å². The van der Waals surface area contributed by atoms with Gasteiger partial charge in [0, 0.05) is 17.5 Å².